The Morgan fingerprint density at radius 1 is 1.53 bits per heavy atom. The minimum Gasteiger partial charge on any atom is -0.378 e. The molecular weight excluding hydrogens is 192 g/mol. The third-order valence-corrected chi connectivity index (χ3v) is 2.71. The van der Waals surface area contributed by atoms with Crippen LogP contribution in [0.25, 0.3) is 0 Å². The maximum Gasteiger partial charge on any atom is 0.144 e. The molecule has 1 saturated carbocycles. The molecule has 1 aromatic heterocycles. The average molecular weight is 208 g/mol. The van der Waals surface area contributed by atoms with Crippen molar-refractivity contribution in [3.8, 4) is 0 Å². The summed E-state index contributed by atoms with van der Waals surface area (Å²) in [5.74, 6) is 7.43. The van der Waals surface area contributed by atoms with Crippen molar-refractivity contribution in [3.05, 3.63) is 17.6 Å². The lowest BCUT2D eigenvalue weighted by atomic mass is 9.85. The van der Waals surface area contributed by atoms with Crippen molar-refractivity contribution in [3.63, 3.8) is 0 Å². The summed E-state index contributed by atoms with van der Waals surface area (Å²) in [6.07, 6.45) is 3.63. The van der Waals surface area contributed by atoms with Crippen LogP contribution in [-0.2, 0) is 11.3 Å². The first-order chi connectivity index (χ1) is 7.33. The minimum absolute atomic E-state index is 0.497. The Kier molecular flexibility index (Phi) is 3.13. The van der Waals surface area contributed by atoms with Crippen LogP contribution in [0.3, 0.4) is 0 Å². The SMILES string of the molecule is COCc1cc(NN)nc(C2CCC2)n1. The predicted octanol–water partition coefficient (Wildman–Crippen LogP) is 1.18. The Morgan fingerprint density at radius 3 is 2.87 bits per heavy atom. The van der Waals surface area contributed by atoms with Crippen LogP contribution < -0.4 is 11.3 Å². The van der Waals surface area contributed by atoms with Crippen molar-refractivity contribution in [2.45, 2.75) is 31.8 Å². The largest absolute Gasteiger partial charge is 0.378 e. The van der Waals surface area contributed by atoms with E-state index in [1.54, 1.807) is 7.11 Å². The number of hydrogen-bond acceptors (Lipinski definition) is 5. The summed E-state index contributed by atoms with van der Waals surface area (Å²) in [4.78, 5) is 8.81. The number of nitrogens with one attached hydrogen (secondary N) is 1. The van der Waals surface area contributed by atoms with E-state index in [-0.39, 0.29) is 0 Å². The van der Waals surface area contributed by atoms with Gasteiger partial charge in [0.05, 0.1) is 12.3 Å². The van der Waals surface area contributed by atoms with Gasteiger partial charge in [-0.3, -0.25) is 0 Å². The van der Waals surface area contributed by atoms with Crippen LogP contribution in [0.4, 0.5) is 5.82 Å². The van der Waals surface area contributed by atoms with Gasteiger partial charge in [0.15, 0.2) is 0 Å². The molecule has 0 unspecified atom stereocenters. The van der Waals surface area contributed by atoms with Gasteiger partial charge < -0.3 is 10.2 Å². The summed E-state index contributed by atoms with van der Waals surface area (Å²) in [5, 5.41) is 0. The highest BCUT2D eigenvalue weighted by molar-refractivity contribution is 5.35. The van der Waals surface area contributed by atoms with Crippen LogP contribution in [0, 0.1) is 0 Å². The number of ether oxygens (including phenoxy) is 1. The van der Waals surface area contributed by atoms with Crippen LogP contribution in [0.15, 0.2) is 6.07 Å². The number of aromatic nitrogens is 2. The molecule has 5 heteroatoms. The fourth-order valence-corrected chi connectivity index (χ4v) is 1.66. The highest BCUT2D eigenvalue weighted by Gasteiger charge is 2.23. The fraction of sp³-hybridized carbons (Fsp3) is 0.600. The van der Waals surface area contributed by atoms with Gasteiger partial charge in [0.1, 0.15) is 11.6 Å². The number of nitrogens with two attached hydrogens (primary N) is 1. The van der Waals surface area contributed by atoms with Crippen molar-refractivity contribution in [1.82, 2.24) is 9.97 Å². The minimum atomic E-state index is 0.497. The Hall–Kier alpha value is -1.20. The van der Waals surface area contributed by atoms with E-state index < -0.39 is 0 Å². The lowest BCUT2D eigenvalue weighted by Gasteiger charge is -2.24. The van der Waals surface area contributed by atoms with E-state index in [0.29, 0.717) is 18.3 Å². The van der Waals surface area contributed by atoms with Crippen LogP contribution in [0.1, 0.15) is 36.7 Å². The number of rotatable bonds is 4. The number of hydrazine groups is 1. The zero-order valence-electron chi connectivity index (χ0n) is 8.86. The Morgan fingerprint density at radius 2 is 2.33 bits per heavy atom. The van der Waals surface area contributed by atoms with Crippen molar-refractivity contribution in [1.29, 1.82) is 0 Å². The lowest BCUT2D eigenvalue weighted by Crippen LogP contribution is -2.17. The molecule has 1 aliphatic carbocycles. The molecule has 0 aliphatic heterocycles. The quantitative estimate of drug-likeness (QED) is 0.574. The van der Waals surface area contributed by atoms with Gasteiger partial charge in [-0.15, -0.1) is 0 Å². The van der Waals surface area contributed by atoms with E-state index in [2.05, 4.69) is 15.4 Å². The van der Waals surface area contributed by atoms with Crippen molar-refractivity contribution >= 4 is 5.82 Å². The van der Waals surface area contributed by atoms with E-state index >= 15 is 0 Å². The second-order valence-electron chi connectivity index (χ2n) is 3.81. The molecular formula is C10H16N4O. The standard InChI is InChI=1S/C10H16N4O/c1-15-6-8-5-9(14-11)13-10(12-8)7-3-2-4-7/h5,7H,2-4,6,11H2,1H3,(H,12,13,14). The molecule has 0 bridgehead atoms. The molecule has 0 amide bonds. The molecule has 0 radical (unpaired) electrons. The fourth-order valence-electron chi connectivity index (χ4n) is 1.66. The van der Waals surface area contributed by atoms with Crippen molar-refractivity contribution < 1.29 is 4.74 Å². The molecule has 0 atom stereocenters. The first-order valence-electron chi connectivity index (χ1n) is 5.17. The van der Waals surface area contributed by atoms with Crippen molar-refractivity contribution in [2.24, 2.45) is 5.84 Å². The second-order valence-corrected chi connectivity index (χ2v) is 3.81. The number of nitrogens with zero attached hydrogens (tertiary/aromatic N) is 2. The number of methoxy groups -OCH3 is 1. The summed E-state index contributed by atoms with van der Waals surface area (Å²) in [7, 11) is 1.65. The van der Waals surface area contributed by atoms with E-state index in [1.807, 2.05) is 6.07 Å². The normalized spacial score (nSPS) is 16.1. The van der Waals surface area contributed by atoms with E-state index in [1.165, 1.54) is 19.3 Å². The molecule has 1 heterocycles. The number of hydrogen-bond donors (Lipinski definition) is 2. The zero-order chi connectivity index (χ0) is 10.7. The third-order valence-electron chi connectivity index (χ3n) is 2.71. The smallest absolute Gasteiger partial charge is 0.144 e. The van der Waals surface area contributed by atoms with E-state index in [4.69, 9.17) is 10.6 Å². The molecule has 1 fully saturated rings. The second kappa shape index (κ2) is 4.55. The Bertz CT molecular complexity index is 338. The Labute approximate surface area is 89.0 Å². The van der Waals surface area contributed by atoms with E-state index in [0.717, 1.165) is 11.5 Å². The van der Waals surface area contributed by atoms with Gasteiger partial charge in [0, 0.05) is 19.1 Å². The van der Waals surface area contributed by atoms with Gasteiger partial charge in [-0.25, -0.2) is 15.8 Å². The maximum absolute atomic E-state index is 5.36. The Balaban J connectivity index is 2.23. The highest BCUT2D eigenvalue weighted by Crippen LogP contribution is 2.34. The first kappa shape index (κ1) is 10.3. The average Bonchev–Trinajstić information content (AvgIpc) is 2.15. The van der Waals surface area contributed by atoms with Crippen LogP contribution in [-0.4, -0.2) is 17.1 Å². The van der Waals surface area contributed by atoms with Crippen LogP contribution in [0.2, 0.25) is 0 Å². The van der Waals surface area contributed by atoms with Gasteiger partial charge in [-0.05, 0) is 12.8 Å². The molecule has 2 rings (SSSR count). The monoisotopic (exact) mass is 208 g/mol. The van der Waals surface area contributed by atoms with Gasteiger partial charge in [0.25, 0.3) is 0 Å². The number of nitrogen functional groups attached to an aromatic ring is 1. The van der Waals surface area contributed by atoms with Gasteiger partial charge in [-0.1, -0.05) is 6.42 Å². The third kappa shape index (κ3) is 2.24. The zero-order valence-corrected chi connectivity index (χ0v) is 8.86. The topological polar surface area (TPSA) is 73.1 Å². The molecule has 15 heavy (non-hydrogen) atoms. The molecule has 82 valence electrons. The summed E-state index contributed by atoms with van der Waals surface area (Å²) < 4.78 is 5.05. The van der Waals surface area contributed by atoms with Crippen LogP contribution >= 0.6 is 0 Å². The maximum atomic E-state index is 5.36. The lowest BCUT2D eigenvalue weighted by molar-refractivity contribution is 0.181. The van der Waals surface area contributed by atoms with Gasteiger partial charge in [-0.2, -0.15) is 0 Å². The molecule has 0 saturated heterocycles. The molecule has 0 aromatic carbocycles. The van der Waals surface area contributed by atoms with Crippen molar-refractivity contribution in [2.75, 3.05) is 12.5 Å². The highest BCUT2D eigenvalue weighted by atomic mass is 16.5. The van der Waals surface area contributed by atoms with Gasteiger partial charge in [0.2, 0.25) is 0 Å². The summed E-state index contributed by atoms with van der Waals surface area (Å²) in [6, 6.07) is 1.81. The summed E-state index contributed by atoms with van der Waals surface area (Å²) in [5.41, 5.74) is 3.44. The molecule has 1 aliphatic rings. The van der Waals surface area contributed by atoms with E-state index in [9.17, 15) is 0 Å². The summed E-state index contributed by atoms with van der Waals surface area (Å²) in [6.45, 7) is 0.497. The van der Waals surface area contributed by atoms with Crippen LogP contribution in [0.5, 0.6) is 0 Å². The molecule has 1 aromatic rings. The summed E-state index contributed by atoms with van der Waals surface area (Å²) >= 11 is 0. The van der Waals surface area contributed by atoms with Gasteiger partial charge >= 0.3 is 0 Å². The molecule has 3 N–H and O–H groups in total. The number of anilines is 1. The first-order valence-corrected chi connectivity index (χ1v) is 5.17. The molecule has 5 nitrogen and oxygen atoms in total. The predicted molar refractivity (Wildman–Crippen MR) is 57.1 cm³/mol. The molecule has 0 spiro atoms.